The maximum atomic E-state index is 10.0. The van der Waals surface area contributed by atoms with Crippen LogP contribution in [0.1, 0.15) is 11.1 Å². The SMILES string of the molecule is Oc1c(Cl)cc(Cl)cc1C=Nc1ccccc1N=Cc1cc(Cl)cc(Cl)c1O. The average molecular weight is 454 g/mol. The van der Waals surface area contributed by atoms with Gasteiger partial charge in [0.25, 0.3) is 0 Å². The molecule has 0 aromatic heterocycles. The lowest BCUT2D eigenvalue weighted by Crippen LogP contribution is -1.85. The first kappa shape index (κ1) is 20.5. The Kier molecular flexibility index (Phi) is 6.47. The number of para-hydroxylation sites is 2. The Labute approximate surface area is 181 Å². The number of aliphatic imine (C=N–C) groups is 2. The molecule has 3 aromatic carbocycles. The van der Waals surface area contributed by atoms with Crippen LogP contribution in [0.15, 0.2) is 58.5 Å². The summed E-state index contributed by atoms with van der Waals surface area (Å²) in [6, 6.07) is 13.1. The third-order valence-corrected chi connectivity index (χ3v) is 4.70. The van der Waals surface area contributed by atoms with Crippen LogP contribution in [0.25, 0.3) is 0 Å². The van der Waals surface area contributed by atoms with Crippen molar-refractivity contribution in [3.8, 4) is 11.5 Å². The predicted molar refractivity (Wildman–Crippen MR) is 117 cm³/mol. The van der Waals surface area contributed by atoms with E-state index in [1.54, 1.807) is 36.4 Å². The normalized spacial score (nSPS) is 11.6. The number of benzene rings is 3. The van der Waals surface area contributed by atoms with E-state index in [4.69, 9.17) is 46.4 Å². The summed E-state index contributed by atoms with van der Waals surface area (Å²) in [5.74, 6) is -0.233. The zero-order chi connectivity index (χ0) is 20.3. The van der Waals surface area contributed by atoms with Crippen molar-refractivity contribution >= 4 is 70.2 Å². The molecular weight excluding hydrogens is 442 g/mol. The minimum absolute atomic E-state index is 0.116. The van der Waals surface area contributed by atoms with Gasteiger partial charge in [0.1, 0.15) is 11.5 Å². The number of aromatic hydroxyl groups is 2. The van der Waals surface area contributed by atoms with Crippen LogP contribution in [0.2, 0.25) is 20.1 Å². The van der Waals surface area contributed by atoms with E-state index >= 15 is 0 Å². The first-order valence-corrected chi connectivity index (χ1v) is 9.39. The van der Waals surface area contributed by atoms with Gasteiger partial charge in [0.15, 0.2) is 0 Å². The van der Waals surface area contributed by atoms with Gasteiger partial charge in [-0.25, -0.2) is 0 Å². The first-order valence-electron chi connectivity index (χ1n) is 7.88. The fourth-order valence-corrected chi connectivity index (χ4v) is 3.35. The Hall–Kier alpha value is -2.24. The molecule has 8 heteroatoms. The highest BCUT2D eigenvalue weighted by Crippen LogP contribution is 2.33. The average Bonchev–Trinajstić information content (AvgIpc) is 2.65. The van der Waals surface area contributed by atoms with Gasteiger partial charge < -0.3 is 10.2 Å². The summed E-state index contributed by atoms with van der Waals surface area (Å²) in [4.78, 5) is 8.72. The van der Waals surface area contributed by atoms with Gasteiger partial charge in [0.05, 0.1) is 21.4 Å². The second-order valence-corrected chi connectivity index (χ2v) is 7.34. The highest BCUT2D eigenvalue weighted by Gasteiger charge is 2.08. The van der Waals surface area contributed by atoms with Crippen molar-refractivity contribution in [2.45, 2.75) is 0 Å². The van der Waals surface area contributed by atoms with Gasteiger partial charge in [0, 0.05) is 33.6 Å². The lowest BCUT2D eigenvalue weighted by Gasteiger charge is -2.04. The van der Waals surface area contributed by atoms with Crippen LogP contribution in [0.3, 0.4) is 0 Å². The van der Waals surface area contributed by atoms with E-state index in [1.807, 2.05) is 0 Å². The molecule has 0 amide bonds. The van der Waals surface area contributed by atoms with Crippen molar-refractivity contribution in [1.82, 2.24) is 0 Å². The molecule has 0 aliphatic heterocycles. The third kappa shape index (κ3) is 4.78. The van der Waals surface area contributed by atoms with Crippen LogP contribution in [-0.4, -0.2) is 22.6 Å². The second kappa shape index (κ2) is 8.84. The van der Waals surface area contributed by atoms with E-state index in [0.29, 0.717) is 32.5 Å². The molecule has 28 heavy (non-hydrogen) atoms. The van der Waals surface area contributed by atoms with Crippen LogP contribution in [0, 0.1) is 0 Å². The van der Waals surface area contributed by atoms with Crippen LogP contribution in [0.4, 0.5) is 11.4 Å². The summed E-state index contributed by atoms with van der Waals surface area (Å²) < 4.78 is 0. The third-order valence-electron chi connectivity index (χ3n) is 3.68. The molecule has 0 spiro atoms. The van der Waals surface area contributed by atoms with E-state index in [1.165, 1.54) is 24.6 Å². The molecule has 0 saturated carbocycles. The maximum absolute atomic E-state index is 10.0. The summed E-state index contributed by atoms with van der Waals surface area (Å²) in [5, 5.41) is 21.1. The largest absolute Gasteiger partial charge is 0.506 e. The lowest BCUT2D eigenvalue weighted by molar-refractivity contribution is 0.474. The quantitative estimate of drug-likeness (QED) is 0.409. The minimum atomic E-state index is -0.116. The molecule has 0 saturated heterocycles. The number of hydrogen-bond donors (Lipinski definition) is 2. The van der Waals surface area contributed by atoms with Gasteiger partial charge in [0.2, 0.25) is 0 Å². The summed E-state index contributed by atoms with van der Waals surface area (Å²) in [7, 11) is 0. The lowest BCUT2D eigenvalue weighted by atomic mass is 10.2. The molecule has 2 N–H and O–H groups in total. The van der Waals surface area contributed by atoms with Crippen LogP contribution in [0.5, 0.6) is 11.5 Å². The van der Waals surface area contributed by atoms with Crippen molar-refractivity contribution in [2.24, 2.45) is 9.98 Å². The number of hydrogen-bond acceptors (Lipinski definition) is 4. The van der Waals surface area contributed by atoms with Gasteiger partial charge in [-0.1, -0.05) is 58.5 Å². The Morgan fingerprint density at radius 1 is 0.643 bits per heavy atom. The predicted octanol–water partition coefficient (Wildman–Crippen LogP) is 7.21. The monoisotopic (exact) mass is 452 g/mol. The van der Waals surface area contributed by atoms with Gasteiger partial charge in [-0.2, -0.15) is 0 Å². The molecule has 0 bridgehead atoms. The van der Waals surface area contributed by atoms with Crippen molar-refractivity contribution in [3.05, 3.63) is 79.7 Å². The Balaban J connectivity index is 1.95. The van der Waals surface area contributed by atoms with Gasteiger partial charge in [-0.05, 0) is 36.4 Å². The van der Waals surface area contributed by atoms with E-state index in [0.717, 1.165) is 0 Å². The second-order valence-electron chi connectivity index (χ2n) is 5.66. The molecular formula is C20H12Cl4N2O2. The molecule has 142 valence electrons. The number of halogens is 4. The topological polar surface area (TPSA) is 65.2 Å². The maximum Gasteiger partial charge on any atom is 0.143 e. The smallest absolute Gasteiger partial charge is 0.143 e. The van der Waals surface area contributed by atoms with E-state index < -0.39 is 0 Å². The van der Waals surface area contributed by atoms with Gasteiger partial charge in [-0.15, -0.1) is 0 Å². The molecule has 0 aliphatic rings. The van der Waals surface area contributed by atoms with E-state index in [-0.39, 0.29) is 21.5 Å². The summed E-state index contributed by atoms with van der Waals surface area (Å²) in [6.45, 7) is 0. The van der Waals surface area contributed by atoms with Crippen molar-refractivity contribution in [1.29, 1.82) is 0 Å². The Morgan fingerprint density at radius 2 is 1.04 bits per heavy atom. The van der Waals surface area contributed by atoms with Crippen molar-refractivity contribution in [2.75, 3.05) is 0 Å². The first-order chi connectivity index (χ1) is 13.3. The Morgan fingerprint density at radius 3 is 1.43 bits per heavy atom. The van der Waals surface area contributed by atoms with E-state index in [2.05, 4.69) is 9.98 Å². The molecule has 0 atom stereocenters. The summed E-state index contributed by atoms with van der Waals surface area (Å²) >= 11 is 23.8. The molecule has 0 radical (unpaired) electrons. The summed E-state index contributed by atoms with van der Waals surface area (Å²) in [6.07, 6.45) is 2.88. The molecule has 0 aliphatic carbocycles. The minimum Gasteiger partial charge on any atom is -0.506 e. The number of nitrogens with zero attached hydrogens (tertiary/aromatic N) is 2. The van der Waals surface area contributed by atoms with E-state index in [9.17, 15) is 10.2 Å². The van der Waals surface area contributed by atoms with Gasteiger partial charge in [-0.3, -0.25) is 9.98 Å². The standard InChI is InChI=1S/C20H12Cl4N2O2/c21-13-5-11(19(27)15(23)7-13)9-25-17-3-1-2-4-18(17)26-10-12-6-14(22)8-16(24)20(12)28/h1-10,27-28H. The molecule has 4 nitrogen and oxygen atoms in total. The van der Waals surface area contributed by atoms with Crippen LogP contribution < -0.4 is 0 Å². The molecule has 0 heterocycles. The van der Waals surface area contributed by atoms with Gasteiger partial charge >= 0.3 is 0 Å². The molecule has 0 fully saturated rings. The highest BCUT2D eigenvalue weighted by atomic mass is 35.5. The fourth-order valence-electron chi connectivity index (χ4n) is 2.33. The Bertz CT molecular complexity index is 1010. The summed E-state index contributed by atoms with van der Waals surface area (Å²) in [5.41, 5.74) is 1.80. The van der Waals surface area contributed by atoms with Crippen molar-refractivity contribution < 1.29 is 10.2 Å². The molecule has 3 aromatic rings. The fraction of sp³-hybridized carbons (Fsp3) is 0. The number of rotatable bonds is 4. The van der Waals surface area contributed by atoms with Crippen molar-refractivity contribution in [3.63, 3.8) is 0 Å². The zero-order valence-electron chi connectivity index (χ0n) is 14.1. The molecule has 3 rings (SSSR count). The molecule has 0 unspecified atom stereocenters. The number of phenolic OH excluding ortho intramolecular Hbond substituents is 2. The highest BCUT2D eigenvalue weighted by molar-refractivity contribution is 6.36. The van der Waals surface area contributed by atoms with Crippen LogP contribution >= 0.6 is 46.4 Å². The zero-order valence-corrected chi connectivity index (χ0v) is 17.1. The number of phenols is 2. The van der Waals surface area contributed by atoms with Crippen LogP contribution in [-0.2, 0) is 0 Å².